The van der Waals surface area contributed by atoms with Crippen molar-refractivity contribution in [3.63, 3.8) is 0 Å². The molecule has 1 amide bonds. The Balaban J connectivity index is 2.18. The molecule has 22 heavy (non-hydrogen) atoms. The second kappa shape index (κ2) is 5.61. The quantitative estimate of drug-likeness (QED) is 0.795. The topological polar surface area (TPSA) is 76.4 Å². The van der Waals surface area contributed by atoms with Crippen molar-refractivity contribution >= 4 is 11.9 Å². The Morgan fingerprint density at radius 2 is 1.50 bits per heavy atom. The van der Waals surface area contributed by atoms with Crippen LogP contribution in [0, 0.1) is 5.41 Å². The molecule has 2 aromatic rings. The molecule has 1 aliphatic rings. The van der Waals surface area contributed by atoms with E-state index in [0.29, 0.717) is 0 Å². The van der Waals surface area contributed by atoms with Gasteiger partial charge in [-0.25, -0.2) is 0 Å². The van der Waals surface area contributed by atoms with Crippen molar-refractivity contribution in [1.82, 2.24) is 10.2 Å². The zero-order valence-electron chi connectivity index (χ0n) is 12.0. The van der Waals surface area contributed by atoms with Gasteiger partial charge in [-0.15, -0.1) is 0 Å². The number of aliphatic hydroxyl groups excluding tert-OH is 1. The van der Waals surface area contributed by atoms with Crippen molar-refractivity contribution < 1.29 is 9.90 Å². The Kier molecular flexibility index (Phi) is 3.65. The molecule has 3 N–H and O–H groups in total. The molecule has 1 fully saturated rings. The molecule has 3 rings (SSSR count). The van der Waals surface area contributed by atoms with Gasteiger partial charge in [-0.3, -0.25) is 15.1 Å². The highest BCUT2D eigenvalue weighted by Crippen LogP contribution is 2.35. The Morgan fingerprint density at radius 3 is 1.95 bits per heavy atom. The first kappa shape index (κ1) is 14.3. The molecule has 112 valence electrons. The van der Waals surface area contributed by atoms with Gasteiger partial charge < -0.3 is 10.4 Å². The summed E-state index contributed by atoms with van der Waals surface area (Å²) in [4.78, 5) is 14.3. The Labute approximate surface area is 128 Å². The van der Waals surface area contributed by atoms with Crippen LogP contribution >= 0.6 is 0 Å². The summed E-state index contributed by atoms with van der Waals surface area (Å²) >= 11 is 0. The van der Waals surface area contributed by atoms with E-state index in [-0.39, 0.29) is 25.0 Å². The predicted octanol–water partition coefficient (Wildman–Crippen LogP) is 1.29. The number of aliphatic hydroxyl groups is 1. The predicted molar refractivity (Wildman–Crippen MR) is 83.3 cm³/mol. The van der Waals surface area contributed by atoms with E-state index in [2.05, 4.69) is 5.32 Å². The zero-order valence-corrected chi connectivity index (χ0v) is 12.0. The Bertz CT molecular complexity index is 646. The van der Waals surface area contributed by atoms with E-state index in [9.17, 15) is 4.79 Å². The Hall–Kier alpha value is -2.66. The third-order valence-electron chi connectivity index (χ3n) is 3.88. The highest BCUT2D eigenvalue weighted by molar-refractivity contribution is 6.10. The van der Waals surface area contributed by atoms with Crippen LogP contribution in [0.5, 0.6) is 0 Å². The molecule has 5 heteroatoms. The van der Waals surface area contributed by atoms with Crippen molar-refractivity contribution in [2.45, 2.75) is 5.54 Å². The summed E-state index contributed by atoms with van der Waals surface area (Å²) in [6, 6.07) is 18.7. The lowest BCUT2D eigenvalue weighted by Crippen LogP contribution is -2.45. The number of nitrogens with one attached hydrogen (secondary N) is 2. The average Bonchev–Trinajstić information content (AvgIpc) is 2.82. The summed E-state index contributed by atoms with van der Waals surface area (Å²) in [6.07, 6.45) is 0. The highest BCUT2D eigenvalue weighted by atomic mass is 16.3. The van der Waals surface area contributed by atoms with Gasteiger partial charge >= 0.3 is 0 Å². The lowest BCUT2D eigenvalue weighted by molar-refractivity contribution is -0.130. The Morgan fingerprint density at radius 1 is 1.00 bits per heavy atom. The number of nitrogens with zero attached hydrogens (tertiary/aromatic N) is 1. The first-order valence-corrected chi connectivity index (χ1v) is 7.11. The van der Waals surface area contributed by atoms with Crippen LogP contribution in [0.2, 0.25) is 0 Å². The van der Waals surface area contributed by atoms with E-state index < -0.39 is 5.54 Å². The lowest BCUT2D eigenvalue weighted by atomic mass is 9.82. The van der Waals surface area contributed by atoms with Gasteiger partial charge in [0.05, 0.1) is 13.2 Å². The number of guanidine groups is 1. The molecule has 0 atom stereocenters. The number of carbonyl (C=O) groups is 1. The number of carbonyl (C=O) groups excluding carboxylic acids is 1. The van der Waals surface area contributed by atoms with Gasteiger partial charge in [0.25, 0.3) is 5.91 Å². The fourth-order valence-corrected chi connectivity index (χ4v) is 2.85. The molecule has 1 saturated heterocycles. The molecule has 0 aromatic heterocycles. The van der Waals surface area contributed by atoms with Crippen LogP contribution in [0.3, 0.4) is 0 Å². The normalized spacial score (nSPS) is 16.7. The summed E-state index contributed by atoms with van der Waals surface area (Å²) in [5.74, 6) is -0.240. The van der Waals surface area contributed by atoms with E-state index in [4.69, 9.17) is 10.5 Å². The number of benzene rings is 2. The van der Waals surface area contributed by atoms with Crippen LogP contribution in [0.4, 0.5) is 0 Å². The van der Waals surface area contributed by atoms with Gasteiger partial charge in [-0.05, 0) is 11.1 Å². The van der Waals surface area contributed by atoms with E-state index in [1.54, 1.807) is 0 Å². The largest absolute Gasteiger partial charge is 0.395 e. The molecular weight excluding hydrogens is 278 g/mol. The molecule has 0 bridgehead atoms. The summed E-state index contributed by atoms with van der Waals surface area (Å²) in [5, 5.41) is 20.3. The molecule has 0 spiro atoms. The van der Waals surface area contributed by atoms with Crippen molar-refractivity contribution in [2.75, 3.05) is 13.2 Å². The summed E-state index contributed by atoms with van der Waals surface area (Å²) in [5.41, 5.74) is 0.433. The first-order chi connectivity index (χ1) is 10.7. The van der Waals surface area contributed by atoms with Crippen LogP contribution in [0.25, 0.3) is 0 Å². The molecular formula is C17H17N3O2. The molecule has 2 aromatic carbocycles. The van der Waals surface area contributed by atoms with E-state index in [0.717, 1.165) is 11.1 Å². The van der Waals surface area contributed by atoms with Gasteiger partial charge in [-0.2, -0.15) is 0 Å². The van der Waals surface area contributed by atoms with E-state index >= 15 is 0 Å². The number of hydrogen-bond donors (Lipinski definition) is 3. The van der Waals surface area contributed by atoms with Crippen LogP contribution in [0.15, 0.2) is 60.7 Å². The monoisotopic (exact) mass is 295 g/mol. The molecule has 1 heterocycles. The minimum atomic E-state index is -1.12. The van der Waals surface area contributed by atoms with E-state index in [1.807, 2.05) is 60.7 Å². The van der Waals surface area contributed by atoms with Crippen molar-refractivity contribution in [1.29, 1.82) is 5.41 Å². The van der Waals surface area contributed by atoms with Gasteiger partial charge in [0.1, 0.15) is 0 Å². The van der Waals surface area contributed by atoms with Crippen LogP contribution < -0.4 is 5.32 Å². The summed E-state index contributed by atoms with van der Waals surface area (Å²) < 4.78 is 0. The standard InChI is InChI=1S/C17H17N3O2/c18-16-19-17(13-7-3-1-4-8-13,14-9-5-2-6-10-14)15(22)20(16)11-12-21/h1-10,21H,11-12H2,(H2,18,19). The maximum Gasteiger partial charge on any atom is 0.264 e. The van der Waals surface area contributed by atoms with Gasteiger partial charge in [-0.1, -0.05) is 60.7 Å². The fourth-order valence-electron chi connectivity index (χ4n) is 2.85. The summed E-state index contributed by atoms with van der Waals surface area (Å²) in [6.45, 7) is -0.0818. The van der Waals surface area contributed by atoms with E-state index in [1.165, 1.54) is 4.90 Å². The number of amides is 1. The van der Waals surface area contributed by atoms with Crippen molar-refractivity contribution in [2.24, 2.45) is 0 Å². The van der Waals surface area contributed by atoms with Gasteiger partial charge in [0.15, 0.2) is 11.5 Å². The SMILES string of the molecule is N=C1NC(c2ccccc2)(c2ccccc2)C(=O)N1CCO. The third kappa shape index (κ3) is 2.07. The second-order valence-corrected chi connectivity index (χ2v) is 5.14. The van der Waals surface area contributed by atoms with Crippen LogP contribution in [-0.4, -0.2) is 35.0 Å². The molecule has 0 radical (unpaired) electrons. The zero-order chi connectivity index (χ0) is 15.6. The second-order valence-electron chi connectivity index (χ2n) is 5.14. The maximum absolute atomic E-state index is 13.0. The van der Waals surface area contributed by atoms with Gasteiger partial charge in [0, 0.05) is 0 Å². The first-order valence-electron chi connectivity index (χ1n) is 7.11. The highest BCUT2D eigenvalue weighted by Gasteiger charge is 2.51. The molecule has 1 aliphatic heterocycles. The number of rotatable bonds is 4. The maximum atomic E-state index is 13.0. The number of hydrogen-bond acceptors (Lipinski definition) is 3. The molecule has 5 nitrogen and oxygen atoms in total. The lowest BCUT2D eigenvalue weighted by Gasteiger charge is -2.28. The van der Waals surface area contributed by atoms with Crippen molar-refractivity contribution in [3.8, 4) is 0 Å². The molecule has 0 unspecified atom stereocenters. The van der Waals surface area contributed by atoms with Crippen molar-refractivity contribution in [3.05, 3.63) is 71.8 Å². The average molecular weight is 295 g/mol. The van der Waals surface area contributed by atoms with Crippen LogP contribution in [-0.2, 0) is 10.3 Å². The number of β-amino-alcohol motifs (C(OH)–C–C–N with tert-alkyl or cyclic N) is 1. The minimum Gasteiger partial charge on any atom is -0.395 e. The third-order valence-corrected chi connectivity index (χ3v) is 3.88. The fraction of sp³-hybridized carbons (Fsp3) is 0.176. The smallest absolute Gasteiger partial charge is 0.264 e. The van der Waals surface area contributed by atoms with Crippen LogP contribution in [0.1, 0.15) is 11.1 Å². The molecule has 0 saturated carbocycles. The molecule has 0 aliphatic carbocycles. The summed E-state index contributed by atoms with van der Waals surface area (Å²) in [7, 11) is 0. The minimum absolute atomic E-state index is 0.00626. The van der Waals surface area contributed by atoms with Gasteiger partial charge in [0.2, 0.25) is 0 Å².